The lowest BCUT2D eigenvalue weighted by molar-refractivity contribution is -0.120. The Kier molecular flexibility index (Phi) is 7.42. The number of carbonyl (C=O) groups excluding carboxylic acids is 1. The lowest BCUT2D eigenvalue weighted by Gasteiger charge is -2.36. The molecule has 1 aliphatic heterocycles. The molecule has 1 aliphatic rings. The highest BCUT2D eigenvalue weighted by molar-refractivity contribution is 5.95. The van der Waals surface area contributed by atoms with E-state index in [4.69, 9.17) is 5.26 Å². The quantitative estimate of drug-likeness (QED) is 0.827. The molecule has 5 nitrogen and oxygen atoms in total. The van der Waals surface area contributed by atoms with Crippen molar-refractivity contribution in [1.29, 1.82) is 5.26 Å². The zero-order chi connectivity index (χ0) is 18.2. The zero-order valence-electron chi connectivity index (χ0n) is 15.4. The van der Waals surface area contributed by atoms with Gasteiger partial charge in [0, 0.05) is 24.9 Å². The van der Waals surface area contributed by atoms with E-state index in [1.807, 2.05) is 26.0 Å². The molecule has 25 heavy (non-hydrogen) atoms. The van der Waals surface area contributed by atoms with Gasteiger partial charge in [-0.3, -0.25) is 9.69 Å². The molecular formula is C20H29N3O2. The second kappa shape index (κ2) is 9.55. The van der Waals surface area contributed by atoms with Crippen molar-refractivity contribution < 1.29 is 9.90 Å². The van der Waals surface area contributed by atoms with Crippen LogP contribution >= 0.6 is 0 Å². The van der Waals surface area contributed by atoms with Gasteiger partial charge < -0.3 is 10.0 Å². The maximum Gasteiger partial charge on any atom is 0.241 e. The summed E-state index contributed by atoms with van der Waals surface area (Å²) >= 11 is 0. The van der Waals surface area contributed by atoms with E-state index in [0.717, 1.165) is 49.0 Å². The summed E-state index contributed by atoms with van der Waals surface area (Å²) in [7, 11) is 0. The van der Waals surface area contributed by atoms with Crippen molar-refractivity contribution in [2.45, 2.75) is 52.0 Å². The number of rotatable bonds is 7. The molecule has 0 aromatic heterocycles. The second-order valence-electron chi connectivity index (χ2n) is 6.93. The van der Waals surface area contributed by atoms with Gasteiger partial charge in [-0.15, -0.1) is 0 Å². The molecule has 1 saturated heterocycles. The number of hydrogen-bond acceptors (Lipinski definition) is 4. The fourth-order valence-electron chi connectivity index (χ4n) is 3.67. The molecule has 5 heteroatoms. The molecule has 1 atom stereocenters. The lowest BCUT2D eigenvalue weighted by atomic mass is 9.99. The summed E-state index contributed by atoms with van der Waals surface area (Å²) in [4.78, 5) is 16.9. The second-order valence-corrected chi connectivity index (χ2v) is 6.93. The number of likely N-dealkylation sites (tertiary alicyclic amines) is 1. The summed E-state index contributed by atoms with van der Waals surface area (Å²) in [6, 6.07) is 8.51. The molecule has 0 bridgehead atoms. The van der Waals surface area contributed by atoms with Crippen LogP contribution in [0, 0.1) is 25.2 Å². The summed E-state index contributed by atoms with van der Waals surface area (Å²) in [6.07, 6.45) is 4.32. The van der Waals surface area contributed by atoms with Gasteiger partial charge in [0.15, 0.2) is 0 Å². The van der Waals surface area contributed by atoms with Crippen molar-refractivity contribution in [1.82, 2.24) is 4.90 Å². The minimum Gasteiger partial charge on any atom is -0.396 e. The number of benzene rings is 1. The van der Waals surface area contributed by atoms with Crippen LogP contribution in [0.15, 0.2) is 18.2 Å². The number of anilines is 1. The van der Waals surface area contributed by atoms with Crippen molar-refractivity contribution >= 4 is 11.6 Å². The predicted molar refractivity (Wildman–Crippen MR) is 99.4 cm³/mol. The largest absolute Gasteiger partial charge is 0.396 e. The highest BCUT2D eigenvalue weighted by atomic mass is 16.3. The highest BCUT2D eigenvalue weighted by Crippen LogP contribution is 2.22. The van der Waals surface area contributed by atoms with Gasteiger partial charge in [-0.2, -0.15) is 5.26 Å². The number of aliphatic hydroxyl groups excluding tert-OH is 1. The van der Waals surface area contributed by atoms with E-state index < -0.39 is 0 Å². The van der Waals surface area contributed by atoms with Crippen LogP contribution in [0.1, 0.15) is 43.2 Å². The molecule has 1 heterocycles. The van der Waals surface area contributed by atoms with E-state index in [1.165, 1.54) is 0 Å². The van der Waals surface area contributed by atoms with Crippen LogP contribution in [0.4, 0.5) is 5.69 Å². The number of carbonyl (C=O) groups is 1. The smallest absolute Gasteiger partial charge is 0.241 e. The van der Waals surface area contributed by atoms with Crippen molar-refractivity contribution in [3.63, 3.8) is 0 Å². The molecule has 2 rings (SSSR count). The van der Waals surface area contributed by atoms with Gasteiger partial charge in [-0.1, -0.05) is 12.5 Å². The summed E-state index contributed by atoms with van der Waals surface area (Å²) in [6.45, 7) is 5.86. The van der Waals surface area contributed by atoms with Crippen molar-refractivity contribution in [3.8, 4) is 6.07 Å². The lowest BCUT2D eigenvalue weighted by Crippen LogP contribution is -2.47. The predicted octanol–water partition coefficient (Wildman–Crippen LogP) is 2.79. The van der Waals surface area contributed by atoms with Crippen molar-refractivity contribution in [2.24, 2.45) is 0 Å². The van der Waals surface area contributed by atoms with Gasteiger partial charge in [-0.25, -0.2) is 0 Å². The maximum atomic E-state index is 13.0. The van der Waals surface area contributed by atoms with E-state index in [0.29, 0.717) is 19.5 Å². The van der Waals surface area contributed by atoms with Crippen LogP contribution < -0.4 is 4.90 Å². The summed E-state index contributed by atoms with van der Waals surface area (Å²) in [5.74, 6) is 0.0325. The Bertz CT molecular complexity index is 602. The number of nitriles is 1. The monoisotopic (exact) mass is 343 g/mol. The molecular weight excluding hydrogens is 314 g/mol. The first-order valence-corrected chi connectivity index (χ1v) is 9.15. The van der Waals surface area contributed by atoms with Crippen LogP contribution in [-0.2, 0) is 4.79 Å². The molecule has 0 radical (unpaired) electrons. The Morgan fingerprint density at radius 2 is 2.04 bits per heavy atom. The average Bonchev–Trinajstić information content (AvgIpc) is 2.56. The van der Waals surface area contributed by atoms with Crippen LogP contribution in [0.25, 0.3) is 0 Å². The van der Waals surface area contributed by atoms with E-state index in [1.54, 1.807) is 4.90 Å². The molecule has 1 unspecified atom stereocenters. The molecule has 1 aromatic carbocycles. The van der Waals surface area contributed by atoms with Crippen molar-refractivity contribution in [3.05, 3.63) is 29.3 Å². The number of aryl methyl sites for hydroxylation is 2. The Labute approximate surface area is 150 Å². The molecule has 1 fully saturated rings. The number of hydrogen-bond donors (Lipinski definition) is 1. The van der Waals surface area contributed by atoms with Gasteiger partial charge >= 0.3 is 0 Å². The van der Waals surface area contributed by atoms with Gasteiger partial charge in [-0.05, 0) is 62.9 Å². The van der Waals surface area contributed by atoms with Crippen LogP contribution in [0.3, 0.4) is 0 Å². The van der Waals surface area contributed by atoms with Crippen LogP contribution in [-0.4, -0.2) is 48.2 Å². The van der Waals surface area contributed by atoms with E-state index in [-0.39, 0.29) is 18.6 Å². The van der Waals surface area contributed by atoms with Gasteiger partial charge in [0.2, 0.25) is 5.91 Å². The summed E-state index contributed by atoms with van der Waals surface area (Å²) in [5, 5.41) is 18.2. The van der Waals surface area contributed by atoms with E-state index >= 15 is 0 Å². The Morgan fingerprint density at radius 1 is 1.32 bits per heavy atom. The molecule has 1 aromatic rings. The number of piperidine rings is 1. The summed E-state index contributed by atoms with van der Waals surface area (Å²) in [5.41, 5.74) is 3.09. The molecule has 0 saturated carbocycles. The average molecular weight is 343 g/mol. The third-order valence-corrected chi connectivity index (χ3v) is 4.82. The fraction of sp³-hybridized carbons (Fsp3) is 0.600. The minimum absolute atomic E-state index is 0.0325. The molecule has 1 amide bonds. The number of aliphatic hydroxyl groups is 1. The number of nitrogens with zero attached hydrogens (tertiary/aromatic N) is 3. The Balaban J connectivity index is 2.16. The minimum atomic E-state index is 0.0325. The van der Waals surface area contributed by atoms with E-state index in [2.05, 4.69) is 17.0 Å². The molecule has 0 spiro atoms. The van der Waals surface area contributed by atoms with Crippen LogP contribution in [0.2, 0.25) is 0 Å². The first-order chi connectivity index (χ1) is 12.0. The van der Waals surface area contributed by atoms with Crippen LogP contribution in [0.5, 0.6) is 0 Å². The third-order valence-electron chi connectivity index (χ3n) is 4.82. The normalized spacial score (nSPS) is 17.9. The SMILES string of the molecule is Cc1cc(C)cc(N(CCC#N)C(=O)CN2CCCCC2CCO)c1. The first kappa shape index (κ1) is 19.4. The van der Waals surface area contributed by atoms with Gasteiger partial charge in [0.05, 0.1) is 19.0 Å². The van der Waals surface area contributed by atoms with Gasteiger partial charge in [0.25, 0.3) is 0 Å². The summed E-state index contributed by atoms with van der Waals surface area (Å²) < 4.78 is 0. The number of amides is 1. The Morgan fingerprint density at radius 3 is 2.68 bits per heavy atom. The molecule has 1 N–H and O–H groups in total. The fourth-order valence-corrected chi connectivity index (χ4v) is 3.67. The first-order valence-electron chi connectivity index (χ1n) is 9.15. The standard InChI is InChI=1S/C20H29N3O2/c1-16-12-17(2)14-19(13-16)23(10-5-8-21)20(25)15-22-9-4-3-6-18(22)7-11-24/h12-14,18,24H,3-7,9-11,15H2,1-2H3. The van der Waals surface area contributed by atoms with E-state index in [9.17, 15) is 9.90 Å². The van der Waals surface area contributed by atoms with Crippen molar-refractivity contribution in [2.75, 3.05) is 31.1 Å². The Hall–Kier alpha value is -1.90. The maximum absolute atomic E-state index is 13.0. The molecule has 0 aliphatic carbocycles. The van der Waals surface area contributed by atoms with Gasteiger partial charge in [0.1, 0.15) is 0 Å². The topological polar surface area (TPSA) is 67.6 Å². The zero-order valence-corrected chi connectivity index (χ0v) is 15.4. The molecule has 136 valence electrons. The third kappa shape index (κ3) is 5.55. The highest BCUT2D eigenvalue weighted by Gasteiger charge is 2.26.